The first-order valence-electron chi connectivity index (χ1n) is 10.9. The molecule has 0 aromatic carbocycles. The molecule has 1 unspecified atom stereocenters. The Labute approximate surface area is 169 Å². The van der Waals surface area contributed by atoms with E-state index in [2.05, 4.69) is 27.4 Å². The molecule has 1 aromatic heterocycles. The average Bonchev–Trinajstić information content (AvgIpc) is 3.41. The molecule has 0 amide bonds. The van der Waals surface area contributed by atoms with Crippen molar-refractivity contribution in [2.75, 3.05) is 65.6 Å². The summed E-state index contributed by atoms with van der Waals surface area (Å²) < 4.78 is 10.8. The molecule has 2 aliphatic heterocycles. The van der Waals surface area contributed by atoms with E-state index < -0.39 is 0 Å². The van der Waals surface area contributed by atoms with E-state index in [0.717, 1.165) is 83.6 Å². The Morgan fingerprint density at radius 2 is 2.07 bits per heavy atom. The summed E-state index contributed by atoms with van der Waals surface area (Å²) in [5, 5.41) is 7.01. The van der Waals surface area contributed by atoms with Gasteiger partial charge >= 0.3 is 0 Å². The fraction of sp³-hybridized carbons (Fsp3) is 0.762. The predicted octanol–water partition coefficient (Wildman–Crippen LogP) is 1.56. The van der Waals surface area contributed by atoms with Gasteiger partial charge in [-0.05, 0) is 51.0 Å². The van der Waals surface area contributed by atoms with Gasteiger partial charge in [-0.2, -0.15) is 0 Å². The number of nitrogens with zero attached hydrogens (tertiary/aromatic N) is 3. The maximum atomic E-state index is 5.43. The molecule has 2 N–H and O–H groups in total. The highest BCUT2D eigenvalue weighted by Crippen LogP contribution is 2.16. The summed E-state index contributed by atoms with van der Waals surface area (Å²) in [6, 6.07) is 4.54. The van der Waals surface area contributed by atoms with Gasteiger partial charge in [-0.3, -0.25) is 14.8 Å². The van der Waals surface area contributed by atoms with Gasteiger partial charge in [0.2, 0.25) is 0 Å². The number of likely N-dealkylation sites (tertiary alicyclic amines) is 1. The van der Waals surface area contributed by atoms with Crippen molar-refractivity contribution in [1.29, 1.82) is 0 Å². The SMILES string of the molecule is CCN1CCCC1CN=C(NCCCN1CCOCC1)NCCc1ccco1. The molecule has 0 saturated carbocycles. The number of guanidine groups is 1. The maximum Gasteiger partial charge on any atom is 0.191 e. The molecule has 158 valence electrons. The molecule has 7 heteroatoms. The van der Waals surface area contributed by atoms with Crippen molar-refractivity contribution in [3.63, 3.8) is 0 Å². The van der Waals surface area contributed by atoms with Gasteiger partial charge in [0.15, 0.2) is 5.96 Å². The van der Waals surface area contributed by atoms with Gasteiger partial charge in [0.05, 0.1) is 26.0 Å². The van der Waals surface area contributed by atoms with E-state index in [9.17, 15) is 0 Å². The lowest BCUT2D eigenvalue weighted by molar-refractivity contribution is 0.0376. The van der Waals surface area contributed by atoms with Crippen LogP contribution in [-0.2, 0) is 11.2 Å². The second-order valence-corrected chi connectivity index (χ2v) is 7.60. The summed E-state index contributed by atoms with van der Waals surface area (Å²) in [6.45, 7) is 12.2. The van der Waals surface area contributed by atoms with Crippen molar-refractivity contribution in [3.05, 3.63) is 24.2 Å². The van der Waals surface area contributed by atoms with Crippen molar-refractivity contribution in [3.8, 4) is 0 Å². The first-order valence-corrected chi connectivity index (χ1v) is 10.9. The maximum absolute atomic E-state index is 5.43. The fourth-order valence-electron chi connectivity index (χ4n) is 3.98. The second-order valence-electron chi connectivity index (χ2n) is 7.60. The van der Waals surface area contributed by atoms with E-state index in [-0.39, 0.29) is 0 Å². The van der Waals surface area contributed by atoms with E-state index in [0.29, 0.717) is 6.04 Å². The Morgan fingerprint density at radius 1 is 1.21 bits per heavy atom. The van der Waals surface area contributed by atoms with E-state index >= 15 is 0 Å². The van der Waals surface area contributed by atoms with Crippen molar-refractivity contribution in [2.45, 2.75) is 38.6 Å². The summed E-state index contributed by atoms with van der Waals surface area (Å²) >= 11 is 0. The molecular formula is C21H37N5O2. The topological polar surface area (TPSA) is 65.3 Å². The Balaban J connectivity index is 1.42. The van der Waals surface area contributed by atoms with Gasteiger partial charge in [-0.25, -0.2) is 0 Å². The molecule has 3 heterocycles. The third-order valence-corrected chi connectivity index (χ3v) is 5.66. The number of hydrogen-bond acceptors (Lipinski definition) is 5. The summed E-state index contributed by atoms with van der Waals surface area (Å²) in [7, 11) is 0. The summed E-state index contributed by atoms with van der Waals surface area (Å²) in [6.07, 6.45) is 6.26. The molecule has 3 rings (SSSR count). The number of hydrogen-bond donors (Lipinski definition) is 2. The van der Waals surface area contributed by atoms with Gasteiger partial charge in [-0.1, -0.05) is 6.92 Å². The van der Waals surface area contributed by atoms with Gasteiger partial charge in [0, 0.05) is 38.6 Å². The zero-order valence-electron chi connectivity index (χ0n) is 17.4. The molecule has 2 aliphatic rings. The first-order chi connectivity index (χ1) is 13.8. The van der Waals surface area contributed by atoms with Crippen molar-refractivity contribution in [2.24, 2.45) is 4.99 Å². The lowest BCUT2D eigenvalue weighted by Crippen LogP contribution is -2.42. The molecular weight excluding hydrogens is 354 g/mol. The summed E-state index contributed by atoms with van der Waals surface area (Å²) in [4.78, 5) is 9.92. The zero-order chi connectivity index (χ0) is 19.4. The number of ether oxygens (including phenoxy) is 1. The number of rotatable bonds is 10. The quantitative estimate of drug-likeness (QED) is 0.359. The van der Waals surface area contributed by atoms with Crippen LogP contribution >= 0.6 is 0 Å². The minimum absolute atomic E-state index is 0.585. The fourth-order valence-corrected chi connectivity index (χ4v) is 3.98. The highest BCUT2D eigenvalue weighted by molar-refractivity contribution is 5.79. The van der Waals surface area contributed by atoms with Crippen LogP contribution in [0.25, 0.3) is 0 Å². The largest absolute Gasteiger partial charge is 0.469 e. The molecule has 28 heavy (non-hydrogen) atoms. The first kappa shape index (κ1) is 21.1. The minimum Gasteiger partial charge on any atom is -0.469 e. The Morgan fingerprint density at radius 3 is 2.86 bits per heavy atom. The van der Waals surface area contributed by atoms with E-state index in [1.54, 1.807) is 6.26 Å². The van der Waals surface area contributed by atoms with Gasteiger partial charge in [0.1, 0.15) is 5.76 Å². The van der Waals surface area contributed by atoms with Crippen molar-refractivity contribution < 1.29 is 9.15 Å². The number of nitrogens with one attached hydrogen (secondary N) is 2. The lowest BCUT2D eigenvalue weighted by atomic mass is 10.2. The molecule has 0 bridgehead atoms. The van der Waals surface area contributed by atoms with Crippen LogP contribution in [-0.4, -0.2) is 87.4 Å². The second kappa shape index (κ2) is 12.1. The molecule has 2 fully saturated rings. The van der Waals surface area contributed by atoms with Crippen LogP contribution < -0.4 is 10.6 Å². The Kier molecular flexibility index (Phi) is 9.13. The van der Waals surface area contributed by atoms with Crippen LogP contribution in [0.2, 0.25) is 0 Å². The van der Waals surface area contributed by atoms with Gasteiger partial charge in [0.25, 0.3) is 0 Å². The predicted molar refractivity (Wildman–Crippen MR) is 113 cm³/mol. The van der Waals surface area contributed by atoms with Gasteiger partial charge in [-0.15, -0.1) is 0 Å². The highest BCUT2D eigenvalue weighted by atomic mass is 16.5. The van der Waals surface area contributed by atoms with Crippen molar-refractivity contribution >= 4 is 5.96 Å². The molecule has 7 nitrogen and oxygen atoms in total. The van der Waals surface area contributed by atoms with Crippen LogP contribution in [0.5, 0.6) is 0 Å². The molecule has 2 saturated heterocycles. The molecule has 0 aliphatic carbocycles. The van der Waals surface area contributed by atoms with Crippen LogP contribution in [0, 0.1) is 0 Å². The Bertz CT molecular complexity index is 557. The lowest BCUT2D eigenvalue weighted by Gasteiger charge is -2.26. The monoisotopic (exact) mass is 391 g/mol. The smallest absolute Gasteiger partial charge is 0.191 e. The summed E-state index contributed by atoms with van der Waals surface area (Å²) in [5.41, 5.74) is 0. The van der Waals surface area contributed by atoms with E-state index in [1.165, 1.54) is 19.4 Å². The number of furan rings is 1. The van der Waals surface area contributed by atoms with Crippen LogP contribution in [0.3, 0.4) is 0 Å². The highest BCUT2D eigenvalue weighted by Gasteiger charge is 2.22. The zero-order valence-corrected chi connectivity index (χ0v) is 17.4. The number of aliphatic imine (C=N–C) groups is 1. The average molecular weight is 392 g/mol. The summed E-state index contributed by atoms with van der Waals surface area (Å²) in [5.74, 6) is 1.93. The van der Waals surface area contributed by atoms with Crippen molar-refractivity contribution in [1.82, 2.24) is 20.4 Å². The standard InChI is InChI=1S/C21H37N5O2/c1-2-26-12-3-6-19(26)18-24-21(23-10-8-20-7-4-15-28-20)22-9-5-11-25-13-16-27-17-14-25/h4,7,15,19H,2-3,5-6,8-14,16-18H2,1H3,(H2,22,23,24). The molecule has 1 aromatic rings. The molecule has 0 radical (unpaired) electrons. The van der Waals surface area contributed by atoms with Crippen LogP contribution in [0.4, 0.5) is 0 Å². The van der Waals surface area contributed by atoms with Gasteiger partial charge < -0.3 is 19.8 Å². The van der Waals surface area contributed by atoms with E-state index in [4.69, 9.17) is 14.1 Å². The van der Waals surface area contributed by atoms with Crippen LogP contribution in [0.15, 0.2) is 27.8 Å². The van der Waals surface area contributed by atoms with Crippen LogP contribution in [0.1, 0.15) is 31.9 Å². The third kappa shape index (κ3) is 7.11. The minimum atomic E-state index is 0.585. The number of morpholine rings is 1. The van der Waals surface area contributed by atoms with E-state index in [1.807, 2.05) is 12.1 Å². The normalized spacial score (nSPS) is 21.9. The molecule has 1 atom stereocenters. The third-order valence-electron chi connectivity index (χ3n) is 5.66. The number of likely N-dealkylation sites (N-methyl/N-ethyl adjacent to an activating group) is 1. The molecule has 0 spiro atoms. The Hall–Kier alpha value is -1.57.